The Kier molecular flexibility index (Phi) is 5.48. The van der Waals surface area contributed by atoms with Crippen LogP contribution in [0, 0.1) is 5.92 Å². The van der Waals surface area contributed by atoms with Crippen molar-refractivity contribution in [2.45, 2.75) is 40.2 Å². The van der Waals surface area contributed by atoms with Gasteiger partial charge >= 0.3 is 0 Å². The van der Waals surface area contributed by atoms with Crippen LogP contribution in [0.1, 0.15) is 33.6 Å². The second-order valence-electron chi connectivity index (χ2n) is 4.29. The lowest BCUT2D eigenvalue weighted by Crippen LogP contribution is -2.24. The third-order valence-electron chi connectivity index (χ3n) is 2.76. The Hall–Kier alpha value is -1.03. The maximum absolute atomic E-state index is 11.8. The van der Waals surface area contributed by atoms with Gasteiger partial charge in [-0.1, -0.05) is 38.8 Å². The summed E-state index contributed by atoms with van der Waals surface area (Å²) in [7, 11) is 0. The fraction of sp³-hybridized carbons (Fsp3) is 0.667. The summed E-state index contributed by atoms with van der Waals surface area (Å²) in [5, 5.41) is 7.49. The second kappa shape index (κ2) is 6.64. The highest BCUT2D eigenvalue weighted by molar-refractivity contribution is 6.32. The van der Waals surface area contributed by atoms with E-state index in [9.17, 15) is 4.79 Å². The Morgan fingerprint density at radius 2 is 2.24 bits per heavy atom. The van der Waals surface area contributed by atoms with Crippen LogP contribution in [-0.2, 0) is 6.54 Å². The molecule has 1 N–H and O–H groups in total. The van der Waals surface area contributed by atoms with Crippen molar-refractivity contribution in [2.75, 3.05) is 11.9 Å². The Bertz CT molecular complexity index is 417. The van der Waals surface area contributed by atoms with Gasteiger partial charge in [0.05, 0.1) is 11.9 Å². The van der Waals surface area contributed by atoms with Crippen LogP contribution in [0.2, 0.25) is 5.02 Å². The van der Waals surface area contributed by atoms with Crippen LogP contribution in [0.3, 0.4) is 0 Å². The van der Waals surface area contributed by atoms with Crippen molar-refractivity contribution in [1.82, 2.24) is 9.78 Å². The van der Waals surface area contributed by atoms with Crippen molar-refractivity contribution in [3.8, 4) is 0 Å². The smallest absolute Gasteiger partial charge is 0.287 e. The van der Waals surface area contributed by atoms with E-state index in [0.29, 0.717) is 18.2 Å². The molecule has 5 heteroatoms. The van der Waals surface area contributed by atoms with E-state index in [-0.39, 0.29) is 10.6 Å². The quantitative estimate of drug-likeness (QED) is 0.853. The molecule has 0 saturated heterocycles. The van der Waals surface area contributed by atoms with Gasteiger partial charge in [0.15, 0.2) is 0 Å². The summed E-state index contributed by atoms with van der Waals surface area (Å²) in [6.45, 7) is 7.68. The molecule has 1 aromatic heterocycles. The lowest BCUT2D eigenvalue weighted by molar-refractivity contribution is 0.566. The molecule has 0 aliphatic carbocycles. The van der Waals surface area contributed by atoms with Gasteiger partial charge in [-0.3, -0.25) is 4.79 Å². The highest BCUT2D eigenvalue weighted by atomic mass is 35.5. The van der Waals surface area contributed by atoms with Gasteiger partial charge in [0.25, 0.3) is 5.56 Å². The van der Waals surface area contributed by atoms with E-state index in [0.717, 1.165) is 19.4 Å². The molecule has 0 aromatic carbocycles. The predicted molar refractivity (Wildman–Crippen MR) is 71.7 cm³/mol. The fourth-order valence-corrected chi connectivity index (χ4v) is 1.60. The number of nitrogens with zero attached hydrogens (tertiary/aromatic N) is 2. The van der Waals surface area contributed by atoms with Crippen LogP contribution in [0.25, 0.3) is 0 Å². The Balaban J connectivity index is 2.82. The number of hydrogen-bond donors (Lipinski definition) is 1. The summed E-state index contributed by atoms with van der Waals surface area (Å²) in [5.74, 6) is 0.546. The van der Waals surface area contributed by atoms with E-state index in [1.54, 1.807) is 6.20 Å². The molecule has 1 heterocycles. The topological polar surface area (TPSA) is 46.9 Å². The van der Waals surface area contributed by atoms with Crippen LogP contribution in [0.15, 0.2) is 11.0 Å². The first-order valence-electron chi connectivity index (χ1n) is 6.09. The van der Waals surface area contributed by atoms with Crippen molar-refractivity contribution in [3.05, 3.63) is 21.6 Å². The van der Waals surface area contributed by atoms with Gasteiger partial charge in [-0.25, -0.2) is 4.68 Å². The van der Waals surface area contributed by atoms with Crippen molar-refractivity contribution in [2.24, 2.45) is 5.92 Å². The summed E-state index contributed by atoms with van der Waals surface area (Å²) in [4.78, 5) is 11.8. The molecule has 0 amide bonds. The zero-order chi connectivity index (χ0) is 12.8. The normalized spacial score (nSPS) is 12.5. The number of aromatic nitrogens is 2. The number of rotatable bonds is 6. The molecular weight excluding hydrogens is 238 g/mol. The predicted octanol–water partition coefficient (Wildman–Crippen LogP) is 2.76. The van der Waals surface area contributed by atoms with E-state index in [1.807, 2.05) is 6.92 Å². The highest BCUT2D eigenvalue weighted by Crippen LogP contribution is 2.16. The minimum Gasteiger partial charge on any atom is -0.382 e. The fourth-order valence-electron chi connectivity index (χ4n) is 1.39. The molecule has 0 bridgehead atoms. The summed E-state index contributed by atoms with van der Waals surface area (Å²) in [6.07, 6.45) is 3.58. The number of hydrogen-bond acceptors (Lipinski definition) is 3. The third-order valence-corrected chi connectivity index (χ3v) is 3.12. The van der Waals surface area contributed by atoms with Crippen molar-refractivity contribution in [1.29, 1.82) is 0 Å². The van der Waals surface area contributed by atoms with Gasteiger partial charge in [0.1, 0.15) is 5.02 Å². The zero-order valence-corrected chi connectivity index (χ0v) is 11.4. The summed E-state index contributed by atoms with van der Waals surface area (Å²) in [6, 6.07) is 0. The first-order chi connectivity index (χ1) is 8.10. The van der Waals surface area contributed by atoms with Crippen molar-refractivity contribution >= 4 is 17.3 Å². The van der Waals surface area contributed by atoms with Gasteiger partial charge in [0.2, 0.25) is 0 Å². The highest BCUT2D eigenvalue weighted by Gasteiger charge is 2.09. The minimum absolute atomic E-state index is 0.220. The summed E-state index contributed by atoms with van der Waals surface area (Å²) in [5.41, 5.74) is 0.409. The average molecular weight is 258 g/mol. The molecule has 1 rings (SSSR count). The molecule has 17 heavy (non-hydrogen) atoms. The Morgan fingerprint density at radius 1 is 1.53 bits per heavy atom. The van der Waals surface area contributed by atoms with Gasteiger partial charge < -0.3 is 5.32 Å². The van der Waals surface area contributed by atoms with Crippen LogP contribution >= 0.6 is 11.6 Å². The number of aryl methyl sites for hydroxylation is 1. The Labute approximate surface area is 107 Å². The van der Waals surface area contributed by atoms with Gasteiger partial charge in [-0.2, -0.15) is 5.10 Å². The van der Waals surface area contributed by atoms with E-state index in [1.165, 1.54) is 4.68 Å². The van der Waals surface area contributed by atoms with E-state index < -0.39 is 0 Å². The second-order valence-corrected chi connectivity index (χ2v) is 4.67. The molecule has 0 saturated carbocycles. The molecule has 0 aliphatic heterocycles. The molecule has 0 radical (unpaired) electrons. The molecule has 1 aromatic rings. The molecular formula is C12H20ClN3O. The molecule has 0 spiro atoms. The van der Waals surface area contributed by atoms with Crippen LogP contribution < -0.4 is 10.9 Å². The number of halogens is 1. The summed E-state index contributed by atoms with van der Waals surface area (Å²) < 4.78 is 1.40. The van der Waals surface area contributed by atoms with Crippen molar-refractivity contribution < 1.29 is 0 Å². The first kappa shape index (κ1) is 14.0. The molecule has 1 unspecified atom stereocenters. The molecule has 0 fully saturated rings. The van der Waals surface area contributed by atoms with Gasteiger partial charge in [-0.15, -0.1) is 0 Å². The Morgan fingerprint density at radius 3 is 2.82 bits per heavy atom. The van der Waals surface area contributed by atoms with Crippen molar-refractivity contribution in [3.63, 3.8) is 0 Å². The SMILES string of the molecule is CCCn1ncc(NCC(C)CC)c(Cl)c1=O. The number of nitrogens with one attached hydrogen (secondary N) is 1. The van der Waals surface area contributed by atoms with Crippen LogP contribution in [-0.4, -0.2) is 16.3 Å². The lowest BCUT2D eigenvalue weighted by atomic mass is 10.1. The van der Waals surface area contributed by atoms with Crippen LogP contribution in [0.5, 0.6) is 0 Å². The molecule has 1 atom stereocenters. The van der Waals surface area contributed by atoms with E-state index in [4.69, 9.17) is 11.6 Å². The average Bonchev–Trinajstić information content (AvgIpc) is 2.34. The standard InChI is InChI=1S/C12H20ClN3O/c1-4-6-16-12(17)11(13)10(8-15-16)14-7-9(3)5-2/h8-9,14H,4-7H2,1-3H3. The third kappa shape index (κ3) is 3.73. The van der Waals surface area contributed by atoms with E-state index in [2.05, 4.69) is 24.3 Å². The van der Waals surface area contributed by atoms with E-state index >= 15 is 0 Å². The maximum Gasteiger partial charge on any atom is 0.287 e. The molecule has 96 valence electrons. The van der Waals surface area contributed by atoms with Crippen LogP contribution in [0.4, 0.5) is 5.69 Å². The lowest BCUT2D eigenvalue weighted by Gasteiger charge is -2.12. The summed E-state index contributed by atoms with van der Waals surface area (Å²) >= 11 is 6.02. The minimum atomic E-state index is -0.220. The number of anilines is 1. The first-order valence-corrected chi connectivity index (χ1v) is 6.47. The maximum atomic E-state index is 11.8. The largest absolute Gasteiger partial charge is 0.382 e. The van der Waals surface area contributed by atoms with Gasteiger partial charge in [0, 0.05) is 13.1 Å². The van der Waals surface area contributed by atoms with Gasteiger partial charge in [-0.05, 0) is 12.3 Å². The molecule has 4 nitrogen and oxygen atoms in total. The zero-order valence-electron chi connectivity index (χ0n) is 10.7. The molecule has 0 aliphatic rings. The monoisotopic (exact) mass is 257 g/mol.